The number of hydrogen-bond donors (Lipinski definition) is 1. The molecule has 2 aromatic rings. The molecule has 0 unspecified atom stereocenters. The zero-order chi connectivity index (χ0) is 18.7. The van der Waals surface area contributed by atoms with E-state index in [-0.39, 0.29) is 10.7 Å². The van der Waals surface area contributed by atoms with Crippen LogP contribution >= 0.6 is 11.6 Å². The number of benzene rings is 2. The summed E-state index contributed by atoms with van der Waals surface area (Å²) in [5.41, 5.74) is 0.975. The van der Waals surface area contributed by atoms with Gasteiger partial charge < -0.3 is 14.8 Å². The van der Waals surface area contributed by atoms with Crippen molar-refractivity contribution in [2.24, 2.45) is 0 Å². The minimum absolute atomic E-state index is 0.0201. The van der Waals surface area contributed by atoms with Crippen molar-refractivity contribution in [3.05, 3.63) is 59.3 Å². The van der Waals surface area contributed by atoms with Crippen molar-refractivity contribution in [2.75, 3.05) is 23.9 Å². The summed E-state index contributed by atoms with van der Waals surface area (Å²) < 4.78 is 10.6. The van der Waals surface area contributed by atoms with E-state index in [2.05, 4.69) is 5.32 Å². The third-order valence-corrected chi connectivity index (χ3v) is 4.14. The summed E-state index contributed by atoms with van der Waals surface area (Å²) in [5, 5.41) is 2.75. The Bertz CT molecular complexity index is 877. The van der Waals surface area contributed by atoms with Gasteiger partial charge >= 0.3 is 0 Å². The number of ether oxygens (including phenoxy) is 2. The molecule has 1 aliphatic heterocycles. The Morgan fingerprint density at radius 1 is 1.04 bits per heavy atom. The number of halogens is 1. The van der Waals surface area contributed by atoms with Crippen molar-refractivity contribution >= 4 is 34.8 Å². The van der Waals surface area contributed by atoms with Crippen LogP contribution in [0.1, 0.15) is 6.92 Å². The number of nitrogens with one attached hydrogen (secondary N) is 1. The van der Waals surface area contributed by atoms with Crippen LogP contribution in [0.25, 0.3) is 0 Å². The number of imide groups is 1. The van der Waals surface area contributed by atoms with E-state index >= 15 is 0 Å². The average molecular weight is 373 g/mol. The van der Waals surface area contributed by atoms with Crippen LogP contribution in [-0.2, 0) is 9.59 Å². The SMILES string of the molecule is CCOc1ccc(NC2=C(Cl)C(=O)N(c3ccccc3OC)C2=O)cc1. The number of nitrogens with zero attached hydrogens (tertiary/aromatic N) is 1. The topological polar surface area (TPSA) is 67.9 Å². The lowest BCUT2D eigenvalue weighted by molar-refractivity contribution is -0.120. The second-order valence-electron chi connectivity index (χ2n) is 5.39. The molecule has 0 atom stereocenters. The summed E-state index contributed by atoms with van der Waals surface area (Å²) in [7, 11) is 1.47. The molecule has 0 saturated heterocycles. The Balaban J connectivity index is 1.87. The second kappa shape index (κ2) is 7.49. The fourth-order valence-electron chi connectivity index (χ4n) is 2.59. The summed E-state index contributed by atoms with van der Waals surface area (Å²) in [6.07, 6.45) is 0. The van der Waals surface area contributed by atoms with Gasteiger partial charge in [0.25, 0.3) is 11.8 Å². The van der Waals surface area contributed by atoms with Gasteiger partial charge in [-0.2, -0.15) is 0 Å². The number of para-hydroxylation sites is 2. The molecular weight excluding hydrogens is 356 g/mol. The van der Waals surface area contributed by atoms with Gasteiger partial charge in [0.1, 0.15) is 22.2 Å². The molecule has 0 aromatic heterocycles. The molecule has 0 saturated carbocycles. The van der Waals surface area contributed by atoms with Crippen LogP contribution in [0.5, 0.6) is 11.5 Å². The maximum atomic E-state index is 12.8. The van der Waals surface area contributed by atoms with Gasteiger partial charge in [0, 0.05) is 5.69 Å². The van der Waals surface area contributed by atoms with E-state index < -0.39 is 11.8 Å². The molecule has 0 fully saturated rings. The predicted molar refractivity (Wildman–Crippen MR) is 99.6 cm³/mol. The van der Waals surface area contributed by atoms with Crippen molar-refractivity contribution in [3.8, 4) is 11.5 Å². The first kappa shape index (κ1) is 17.8. The van der Waals surface area contributed by atoms with Gasteiger partial charge in [0.2, 0.25) is 0 Å². The molecule has 26 heavy (non-hydrogen) atoms. The average Bonchev–Trinajstić information content (AvgIpc) is 2.87. The van der Waals surface area contributed by atoms with Crippen molar-refractivity contribution in [1.29, 1.82) is 0 Å². The molecule has 3 rings (SSSR count). The monoisotopic (exact) mass is 372 g/mol. The van der Waals surface area contributed by atoms with Crippen molar-refractivity contribution in [2.45, 2.75) is 6.92 Å². The largest absolute Gasteiger partial charge is 0.495 e. The zero-order valence-electron chi connectivity index (χ0n) is 14.3. The molecule has 0 spiro atoms. The highest BCUT2D eigenvalue weighted by molar-refractivity contribution is 6.53. The first-order valence-electron chi connectivity index (χ1n) is 7.98. The fraction of sp³-hybridized carbons (Fsp3) is 0.158. The van der Waals surface area contributed by atoms with E-state index in [4.69, 9.17) is 21.1 Å². The molecule has 6 nitrogen and oxygen atoms in total. The third-order valence-electron chi connectivity index (χ3n) is 3.79. The summed E-state index contributed by atoms with van der Waals surface area (Å²) in [6, 6.07) is 13.8. The minimum atomic E-state index is -0.602. The minimum Gasteiger partial charge on any atom is -0.495 e. The number of rotatable bonds is 6. The lowest BCUT2D eigenvalue weighted by Gasteiger charge is -2.17. The molecular formula is C19H17ClN2O4. The smallest absolute Gasteiger partial charge is 0.283 e. The highest BCUT2D eigenvalue weighted by Crippen LogP contribution is 2.35. The van der Waals surface area contributed by atoms with Gasteiger partial charge in [-0.25, -0.2) is 4.90 Å². The van der Waals surface area contributed by atoms with Gasteiger partial charge in [-0.05, 0) is 43.3 Å². The summed E-state index contributed by atoms with van der Waals surface area (Å²) in [4.78, 5) is 26.3. The van der Waals surface area contributed by atoms with Gasteiger partial charge in [0.15, 0.2) is 0 Å². The molecule has 0 aliphatic carbocycles. The number of carbonyl (C=O) groups is 2. The van der Waals surface area contributed by atoms with Crippen LogP contribution in [-0.4, -0.2) is 25.5 Å². The summed E-state index contributed by atoms with van der Waals surface area (Å²) in [5.74, 6) is -0.0310. The van der Waals surface area contributed by atoms with E-state index in [0.29, 0.717) is 29.5 Å². The molecule has 0 radical (unpaired) electrons. The van der Waals surface area contributed by atoms with Gasteiger partial charge in [-0.1, -0.05) is 23.7 Å². The van der Waals surface area contributed by atoms with E-state index in [1.807, 2.05) is 6.92 Å². The Morgan fingerprint density at radius 3 is 2.38 bits per heavy atom. The fourth-order valence-corrected chi connectivity index (χ4v) is 2.80. The normalized spacial score (nSPS) is 14.0. The molecule has 1 N–H and O–H groups in total. The van der Waals surface area contributed by atoms with E-state index in [0.717, 1.165) is 4.90 Å². The standard InChI is InChI=1S/C19H17ClN2O4/c1-3-26-13-10-8-12(9-11-13)21-17-16(20)18(23)22(19(17)24)14-6-4-5-7-15(14)25-2/h4-11,21H,3H2,1-2H3. The van der Waals surface area contributed by atoms with Crippen LogP contribution in [0.3, 0.4) is 0 Å². The van der Waals surface area contributed by atoms with Crippen LogP contribution in [0.2, 0.25) is 0 Å². The first-order chi connectivity index (χ1) is 12.6. The van der Waals surface area contributed by atoms with Crippen LogP contribution < -0.4 is 19.7 Å². The highest BCUT2D eigenvalue weighted by Gasteiger charge is 2.40. The Labute approximate surface area is 156 Å². The lowest BCUT2D eigenvalue weighted by atomic mass is 10.2. The van der Waals surface area contributed by atoms with Crippen LogP contribution in [0.4, 0.5) is 11.4 Å². The maximum Gasteiger partial charge on any atom is 0.283 e. The van der Waals surface area contributed by atoms with Gasteiger partial charge in [-0.15, -0.1) is 0 Å². The van der Waals surface area contributed by atoms with Crippen molar-refractivity contribution in [1.82, 2.24) is 0 Å². The van der Waals surface area contributed by atoms with Crippen LogP contribution in [0, 0.1) is 0 Å². The van der Waals surface area contributed by atoms with Gasteiger partial charge in [-0.3, -0.25) is 9.59 Å². The third kappa shape index (κ3) is 3.23. The molecule has 7 heteroatoms. The number of amides is 2. The molecule has 134 valence electrons. The molecule has 0 bridgehead atoms. The van der Waals surface area contributed by atoms with Crippen molar-refractivity contribution in [3.63, 3.8) is 0 Å². The second-order valence-corrected chi connectivity index (χ2v) is 5.77. The Hall–Kier alpha value is -2.99. The Morgan fingerprint density at radius 2 is 1.73 bits per heavy atom. The molecule has 1 heterocycles. The van der Waals surface area contributed by atoms with Crippen LogP contribution in [0.15, 0.2) is 59.3 Å². The number of carbonyl (C=O) groups excluding carboxylic acids is 2. The maximum absolute atomic E-state index is 12.8. The van der Waals surface area contributed by atoms with Crippen molar-refractivity contribution < 1.29 is 19.1 Å². The predicted octanol–water partition coefficient (Wildman–Crippen LogP) is 3.53. The molecule has 2 aromatic carbocycles. The van der Waals surface area contributed by atoms with E-state index in [1.54, 1.807) is 48.5 Å². The van der Waals surface area contributed by atoms with E-state index in [1.165, 1.54) is 7.11 Å². The molecule has 2 amide bonds. The summed E-state index contributed by atoms with van der Waals surface area (Å²) >= 11 is 6.13. The van der Waals surface area contributed by atoms with Gasteiger partial charge in [0.05, 0.1) is 19.4 Å². The first-order valence-corrected chi connectivity index (χ1v) is 8.36. The number of methoxy groups -OCH3 is 1. The Kier molecular flexibility index (Phi) is 5.14. The number of anilines is 2. The zero-order valence-corrected chi connectivity index (χ0v) is 15.0. The lowest BCUT2D eigenvalue weighted by Crippen LogP contribution is -2.32. The quantitative estimate of drug-likeness (QED) is 0.786. The number of hydrogen-bond acceptors (Lipinski definition) is 5. The molecule has 1 aliphatic rings. The summed E-state index contributed by atoms with van der Waals surface area (Å²) in [6.45, 7) is 2.45. The highest BCUT2D eigenvalue weighted by atomic mass is 35.5. The van der Waals surface area contributed by atoms with E-state index in [9.17, 15) is 9.59 Å².